The number of ether oxygens (including phenoxy) is 1. The van der Waals surface area contributed by atoms with E-state index in [9.17, 15) is 5.11 Å². The molecule has 0 aliphatic heterocycles. The molecule has 0 unspecified atom stereocenters. The zero-order valence-corrected chi connectivity index (χ0v) is 15.6. The van der Waals surface area contributed by atoms with Gasteiger partial charge >= 0.3 is 0 Å². The van der Waals surface area contributed by atoms with Gasteiger partial charge < -0.3 is 14.7 Å². The summed E-state index contributed by atoms with van der Waals surface area (Å²) in [6, 6.07) is 13.2. The van der Waals surface area contributed by atoms with Crippen molar-refractivity contribution in [1.82, 2.24) is 14.9 Å². The highest BCUT2D eigenvalue weighted by atomic mass is 16.5. The van der Waals surface area contributed by atoms with Crippen LogP contribution in [0.4, 0.5) is 0 Å². The summed E-state index contributed by atoms with van der Waals surface area (Å²) in [5, 5.41) is 11.6. The van der Waals surface area contributed by atoms with Gasteiger partial charge in [-0.15, -0.1) is 0 Å². The molecule has 0 saturated carbocycles. The van der Waals surface area contributed by atoms with E-state index in [1.807, 2.05) is 37.3 Å². The molecule has 5 nitrogen and oxygen atoms in total. The Bertz CT molecular complexity index is 892. The van der Waals surface area contributed by atoms with Gasteiger partial charge in [0.2, 0.25) is 5.88 Å². The number of phenolic OH excluding ortho intramolecular Hbond substituents is 1. The van der Waals surface area contributed by atoms with Gasteiger partial charge in [-0.1, -0.05) is 32.0 Å². The fourth-order valence-corrected chi connectivity index (χ4v) is 2.93. The predicted octanol–water partition coefficient (Wildman–Crippen LogP) is 4.03. The van der Waals surface area contributed by atoms with E-state index in [4.69, 9.17) is 4.74 Å². The molecule has 0 atom stereocenters. The lowest BCUT2D eigenvalue weighted by molar-refractivity contribution is 0.218. The highest BCUT2D eigenvalue weighted by Crippen LogP contribution is 2.26. The summed E-state index contributed by atoms with van der Waals surface area (Å²) in [5.74, 6) is 1.52. The normalized spacial score (nSPS) is 11.2. The number of hydrogen-bond donors (Lipinski definition) is 1. The lowest BCUT2D eigenvalue weighted by Crippen LogP contribution is -2.28. The van der Waals surface area contributed by atoms with Crippen LogP contribution < -0.4 is 4.74 Å². The van der Waals surface area contributed by atoms with Gasteiger partial charge in [-0.05, 0) is 49.0 Å². The van der Waals surface area contributed by atoms with Crippen molar-refractivity contribution >= 4 is 10.8 Å². The first-order chi connectivity index (χ1) is 12.6. The molecule has 0 fully saturated rings. The lowest BCUT2D eigenvalue weighted by atomic mass is 10.1. The van der Waals surface area contributed by atoms with Crippen molar-refractivity contribution in [3.63, 3.8) is 0 Å². The number of aryl methyl sites for hydroxylation is 1. The molecule has 0 radical (unpaired) electrons. The van der Waals surface area contributed by atoms with E-state index < -0.39 is 0 Å². The summed E-state index contributed by atoms with van der Waals surface area (Å²) in [5.41, 5.74) is 1.80. The van der Waals surface area contributed by atoms with Crippen molar-refractivity contribution < 1.29 is 9.84 Å². The van der Waals surface area contributed by atoms with E-state index in [0.717, 1.165) is 41.7 Å². The summed E-state index contributed by atoms with van der Waals surface area (Å²) in [4.78, 5) is 11.4. The van der Waals surface area contributed by atoms with Gasteiger partial charge in [0.15, 0.2) is 5.82 Å². The maximum absolute atomic E-state index is 9.60. The van der Waals surface area contributed by atoms with Crippen LogP contribution in [0, 0.1) is 6.92 Å². The number of rotatable bonds is 7. The average molecular weight is 351 g/mol. The summed E-state index contributed by atoms with van der Waals surface area (Å²) < 4.78 is 5.86. The monoisotopic (exact) mass is 351 g/mol. The molecule has 1 aromatic heterocycles. The molecule has 0 aliphatic rings. The Hall–Kier alpha value is -2.66. The Morgan fingerprint density at radius 2 is 1.69 bits per heavy atom. The van der Waals surface area contributed by atoms with E-state index in [1.165, 1.54) is 0 Å². The quantitative estimate of drug-likeness (QED) is 0.696. The molecule has 0 aliphatic carbocycles. The molecule has 26 heavy (non-hydrogen) atoms. The molecular weight excluding hydrogens is 326 g/mol. The molecule has 3 aromatic rings. The van der Waals surface area contributed by atoms with E-state index in [-0.39, 0.29) is 5.75 Å². The van der Waals surface area contributed by atoms with Gasteiger partial charge in [0.1, 0.15) is 12.4 Å². The van der Waals surface area contributed by atoms with Gasteiger partial charge in [0, 0.05) is 23.9 Å². The zero-order chi connectivity index (χ0) is 18.5. The zero-order valence-electron chi connectivity index (χ0n) is 15.6. The van der Waals surface area contributed by atoms with Crippen molar-refractivity contribution in [2.24, 2.45) is 0 Å². The second kappa shape index (κ2) is 8.15. The summed E-state index contributed by atoms with van der Waals surface area (Å²) in [7, 11) is 0. The van der Waals surface area contributed by atoms with Crippen LogP contribution in [0.5, 0.6) is 11.6 Å². The smallest absolute Gasteiger partial charge is 0.217 e. The Morgan fingerprint density at radius 1 is 0.962 bits per heavy atom. The van der Waals surface area contributed by atoms with Crippen molar-refractivity contribution in [3.05, 3.63) is 48.2 Å². The number of hydrogen-bond acceptors (Lipinski definition) is 5. The standard InChI is InChI=1S/C21H25N3O2/c1-4-24(5-2)10-11-26-20-12-15(3)22-21(23-20)18-7-6-17-14-19(25)9-8-16(17)13-18/h6-9,12-14,25H,4-5,10-11H2,1-3H3. The number of likely N-dealkylation sites (N-methyl/N-ethyl adjacent to an activating group) is 1. The van der Waals surface area contributed by atoms with Crippen LogP contribution in [0.3, 0.4) is 0 Å². The highest BCUT2D eigenvalue weighted by Gasteiger charge is 2.08. The maximum Gasteiger partial charge on any atom is 0.217 e. The number of nitrogens with zero attached hydrogens (tertiary/aromatic N) is 3. The number of aromatic nitrogens is 2. The first-order valence-electron chi connectivity index (χ1n) is 9.03. The van der Waals surface area contributed by atoms with Crippen LogP contribution in [-0.2, 0) is 0 Å². The van der Waals surface area contributed by atoms with E-state index in [0.29, 0.717) is 18.3 Å². The largest absolute Gasteiger partial charge is 0.508 e. The molecule has 136 valence electrons. The van der Waals surface area contributed by atoms with E-state index in [2.05, 4.69) is 28.7 Å². The fraction of sp³-hybridized carbons (Fsp3) is 0.333. The SMILES string of the molecule is CCN(CC)CCOc1cc(C)nc(-c2ccc3cc(O)ccc3c2)n1. The molecule has 0 bridgehead atoms. The van der Waals surface area contributed by atoms with Crippen LogP contribution in [0.15, 0.2) is 42.5 Å². The molecule has 5 heteroatoms. The van der Waals surface area contributed by atoms with Crippen molar-refractivity contribution in [1.29, 1.82) is 0 Å². The van der Waals surface area contributed by atoms with E-state index >= 15 is 0 Å². The first kappa shape index (κ1) is 18.1. The Kier molecular flexibility index (Phi) is 5.68. The van der Waals surface area contributed by atoms with E-state index in [1.54, 1.807) is 12.1 Å². The topological polar surface area (TPSA) is 58.5 Å². The molecule has 3 rings (SSSR count). The van der Waals surface area contributed by atoms with Crippen LogP contribution in [0.2, 0.25) is 0 Å². The second-order valence-electron chi connectivity index (χ2n) is 6.29. The third kappa shape index (κ3) is 4.29. The van der Waals surface area contributed by atoms with Crippen molar-refractivity contribution in [2.45, 2.75) is 20.8 Å². The van der Waals surface area contributed by atoms with Crippen LogP contribution in [0.25, 0.3) is 22.2 Å². The van der Waals surface area contributed by atoms with Crippen LogP contribution in [-0.4, -0.2) is 46.2 Å². The van der Waals surface area contributed by atoms with Crippen molar-refractivity contribution in [3.8, 4) is 23.0 Å². The third-order valence-electron chi connectivity index (χ3n) is 4.46. The Balaban J connectivity index is 1.82. The number of benzene rings is 2. The summed E-state index contributed by atoms with van der Waals surface area (Å²) in [6.45, 7) is 9.76. The van der Waals surface area contributed by atoms with Gasteiger partial charge in [-0.3, -0.25) is 0 Å². The summed E-state index contributed by atoms with van der Waals surface area (Å²) in [6.07, 6.45) is 0. The van der Waals surface area contributed by atoms with Gasteiger partial charge in [0.25, 0.3) is 0 Å². The maximum atomic E-state index is 9.60. The Labute approximate surface area is 154 Å². The minimum Gasteiger partial charge on any atom is -0.508 e. The third-order valence-corrected chi connectivity index (χ3v) is 4.46. The number of fused-ring (bicyclic) bond motifs is 1. The fourth-order valence-electron chi connectivity index (χ4n) is 2.93. The minimum absolute atomic E-state index is 0.265. The van der Waals surface area contributed by atoms with Gasteiger partial charge in [0.05, 0.1) is 0 Å². The molecule has 1 heterocycles. The number of aromatic hydroxyl groups is 1. The lowest BCUT2D eigenvalue weighted by Gasteiger charge is -2.17. The molecule has 0 saturated heterocycles. The van der Waals surface area contributed by atoms with Crippen LogP contribution in [0.1, 0.15) is 19.5 Å². The average Bonchev–Trinajstić information content (AvgIpc) is 2.64. The highest BCUT2D eigenvalue weighted by molar-refractivity contribution is 5.87. The molecule has 2 aromatic carbocycles. The second-order valence-corrected chi connectivity index (χ2v) is 6.29. The number of phenols is 1. The van der Waals surface area contributed by atoms with Gasteiger partial charge in [-0.25, -0.2) is 4.98 Å². The first-order valence-corrected chi connectivity index (χ1v) is 9.03. The summed E-state index contributed by atoms with van der Waals surface area (Å²) >= 11 is 0. The molecule has 1 N–H and O–H groups in total. The minimum atomic E-state index is 0.265. The van der Waals surface area contributed by atoms with Crippen molar-refractivity contribution in [2.75, 3.05) is 26.2 Å². The molecule has 0 spiro atoms. The van der Waals surface area contributed by atoms with Crippen LogP contribution >= 0.6 is 0 Å². The predicted molar refractivity (Wildman–Crippen MR) is 105 cm³/mol. The molecule has 0 amide bonds. The Morgan fingerprint density at radius 3 is 2.46 bits per heavy atom. The molecular formula is C21H25N3O2. The van der Waals surface area contributed by atoms with Gasteiger partial charge in [-0.2, -0.15) is 4.98 Å².